The van der Waals surface area contributed by atoms with Crippen LogP contribution in [0, 0.1) is 0 Å². The number of amides is 1. The highest BCUT2D eigenvalue weighted by Gasteiger charge is 2.28. The lowest BCUT2D eigenvalue weighted by atomic mass is 10.0. The van der Waals surface area contributed by atoms with Crippen molar-refractivity contribution < 1.29 is 17.9 Å². The number of halogens is 1. The highest BCUT2D eigenvalue weighted by atomic mass is 35.5. The van der Waals surface area contributed by atoms with Crippen molar-refractivity contribution in [2.45, 2.75) is 63.5 Å². The summed E-state index contributed by atoms with van der Waals surface area (Å²) in [6.45, 7) is 8.83. The number of para-hydroxylation sites is 1. The average Bonchev–Trinajstić information content (AvgIpc) is 3.45. The van der Waals surface area contributed by atoms with E-state index in [1.807, 2.05) is 32.9 Å². The van der Waals surface area contributed by atoms with E-state index in [-0.39, 0.29) is 22.1 Å². The number of anilines is 2. The van der Waals surface area contributed by atoms with E-state index in [0.29, 0.717) is 35.9 Å². The van der Waals surface area contributed by atoms with Gasteiger partial charge < -0.3 is 15.0 Å². The molecule has 3 heterocycles. The topological polar surface area (TPSA) is 142 Å². The molecule has 0 unspecified atom stereocenters. The van der Waals surface area contributed by atoms with Gasteiger partial charge in [-0.25, -0.2) is 23.2 Å². The van der Waals surface area contributed by atoms with Gasteiger partial charge in [-0.05, 0) is 75.9 Å². The van der Waals surface area contributed by atoms with Crippen LogP contribution in [0.2, 0.25) is 5.02 Å². The fourth-order valence-corrected chi connectivity index (χ4v) is 7.27. The van der Waals surface area contributed by atoms with E-state index in [0.717, 1.165) is 46.7 Å². The molecule has 5 aromatic rings. The summed E-state index contributed by atoms with van der Waals surface area (Å²) in [5, 5.41) is 12.8. The summed E-state index contributed by atoms with van der Waals surface area (Å²) in [7, 11) is -3.94. The molecule has 1 amide bonds. The van der Waals surface area contributed by atoms with Crippen molar-refractivity contribution >= 4 is 61.2 Å². The minimum absolute atomic E-state index is 0.00280. The molecule has 1 aliphatic heterocycles. The molecule has 1 aliphatic rings. The number of nitrogens with zero attached hydrogens (tertiary/aromatic N) is 4. The van der Waals surface area contributed by atoms with Gasteiger partial charge in [0, 0.05) is 41.7 Å². The zero-order valence-corrected chi connectivity index (χ0v) is 27.7. The Morgan fingerprint density at radius 2 is 1.96 bits per heavy atom. The molecular weight excluding hydrogens is 626 g/mol. The van der Waals surface area contributed by atoms with Gasteiger partial charge in [0.05, 0.1) is 21.7 Å². The number of aromatic nitrogens is 4. The van der Waals surface area contributed by atoms with Gasteiger partial charge in [0.2, 0.25) is 5.95 Å². The lowest BCUT2D eigenvalue weighted by Crippen LogP contribution is -2.47. The number of nitrogens with one attached hydrogen (secondary N) is 3. The number of carbonyl (C=O) groups is 1. The van der Waals surface area contributed by atoms with Crippen molar-refractivity contribution in [3.05, 3.63) is 71.4 Å². The second-order valence-electron chi connectivity index (χ2n) is 12.4. The SMILES string of the molecule is CCc1cc(-c2n[nH]c3c(NS(=O)(=O)c4ccccc4Cl)cccc23)cc2cnc(N[C@H]3CCCN(C(=O)OC(C)(C)C)C3)nc12. The second-order valence-corrected chi connectivity index (χ2v) is 14.4. The summed E-state index contributed by atoms with van der Waals surface area (Å²) in [6, 6.07) is 15.7. The first kappa shape index (κ1) is 31.6. The van der Waals surface area contributed by atoms with Crippen LogP contribution in [-0.2, 0) is 21.2 Å². The third-order valence-electron chi connectivity index (χ3n) is 7.79. The zero-order chi connectivity index (χ0) is 32.6. The number of aryl methyl sites for hydroxylation is 1. The normalized spacial score (nSPS) is 15.7. The Bertz CT molecular complexity index is 2040. The van der Waals surface area contributed by atoms with Crippen molar-refractivity contribution in [2.24, 2.45) is 0 Å². The van der Waals surface area contributed by atoms with Gasteiger partial charge >= 0.3 is 6.09 Å². The number of carbonyl (C=O) groups excluding carboxylic acids is 1. The average molecular weight is 662 g/mol. The predicted molar refractivity (Wildman–Crippen MR) is 181 cm³/mol. The first-order valence-corrected chi connectivity index (χ1v) is 17.1. The number of hydrogen-bond acceptors (Lipinski definition) is 8. The molecule has 0 bridgehead atoms. The smallest absolute Gasteiger partial charge is 0.410 e. The highest BCUT2D eigenvalue weighted by molar-refractivity contribution is 7.92. The van der Waals surface area contributed by atoms with E-state index in [1.165, 1.54) is 12.1 Å². The molecule has 2 aromatic heterocycles. The molecular formula is C33H36ClN7O4S. The second kappa shape index (κ2) is 12.4. The van der Waals surface area contributed by atoms with Crippen molar-refractivity contribution in [3.8, 4) is 11.3 Å². The number of rotatable bonds is 7. The molecule has 240 valence electrons. The fraction of sp³-hybridized carbons (Fsp3) is 0.333. The standard InChI is InChI=1S/C33H36ClN7O4S/c1-5-20-16-21(29-24-11-8-13-26(30(24)39-38-29)40-46(43,44)27-14-7-6-12-25(27)34)17-22-18-35-31(37-28(20)22)36-23-10-9-15-41(19-23)32(42)45-33(2,3)4/h6-8,11-14,16-18,23,40H,5,9-10,15,19H2,1-4H3,(H,38,39)(H,35,36,37)/t23-/m0/s1. The summed E-state index contributed by atoms with van der Waals surface area (Å²) in [4.78, 5) is 23.8. The van der Waals surface area contributed by atoms with Crippen LogP contribution in [-0.4, -0.2) is 64.3 Å². The molecule has 6 rings (SSSR count). The van der Waals surface area contributed by atoms with Crippen LogP contribution >= 0.6 is 11.6 Å². The third kappa shape index (κ3) is 6.59. The number of sulfonamides is 1. The largest absolute Gasteiger partial charge is 0.444 e. The summed E-state index contributed by atoms with van der Waals surface area (Å²) in [5.74, 6) is 0.506. The molecule has 0 spiro atoms. The number of benzene rings is 3. The molecule has 0 radical (unpaired) electrons. The maximum absolute atomic E-state index is 13.2. The fourth-order valence-electron chi connectivity index (χ4n) is 5.67. The molecule has 46 heavy (non-hydrogen) atoms. The van der Waals surface area contributed by atoms with Crippen LogP contribution in [0.4, 0.5) is 16.4 Å². The lowest BCUT2D eigenvalue weighted by Gasteiger charge is -2.34. The zero-order valence-electron chi connectivity index (χ0n) is 26.1. The first-order chi connectivity index (χ1) is 21.9. The van der Waals surface area contributed by atoms with Gasteiger partial charge in [-0.2, -0.15) is 5.10 Å². The minimum Gasteiger partial charge on any atom is -0.444 e. The number of ether oxygens (including phenoxy) is 1. The Hall–Kier alpha value is -4.42. The van der Waals surface area contributed by atoms with Crippen LogP contribution in [0.25, 0.3) is 33.1 Å². The number of piperidine rings is 1. The van der Waals surface area contributed by atoms with E-state index < -0.39 is 15.6 Å². The number of aromatic amines is 1. The monoisotopic (exact) mass is 661 g/mol. The van der Waals surface area contributed by atoms with Crippen molar-refractivity contribution in [3.63, 3.8) is 0 Å². The van der Waals surface area contributed by atoms with Crippen LogP contribution in [0.3, 0.4) is 0 Å². The van der Waals surface area contributed by atoms with Crippen molar-refractivity contribution in [1.82, 2.24) is 25.1 Å². The van der Waals surface area contributed by atoms with Crippen LogP contribution in [0.5, 0.6) is 0 Å². The molecule has 3 N–H and O–H groups in total. The highest BCUT2D eigenvalue weighted by Crippen LogP contribution is 2.34. The van der Waals surface area contributed by atoms with Crippen molar-refractivity contribution in [1.29, 1.82) is 0 Å². The van der Waals surface area contributed by atoms with Crippen LogP contribution < -0.4 is 10.0 Å². The number of fused-ring (bicyclic) bond motifs is 2. The van der Waals surface area contributed by atoms with E-state index in [4.69, 9.17) is 21.3 Å². The van der Waals surface area contributed by atoms with E-state index >= 15 is 0 Å². The molecule has 0 aliphatic carbocycles. The Balaban J connectivity index is 1.26. The summed E-state index contributed by atoms with van der Waals surface area (Å²) >= 11 is 6.18. The van der Waals surface area contributed by atoms with Crippen LogP contribution in [0.15, 0.2) is 65.7 Å². The third-order valence-corrected chi connectivity index (χ3v) is 9.66. The summed E-state index contributed by atoms with van der Waals surface area (Å²) in [6.07, 6.45) is 3.95. The molecule has 1 atom stereocenters. The number of H-pyrrole nitrogens is 1. The van der Waals surface area contributed by atoms with Gasteiger partial charge in [0.15, 0.2) is 0 Å². The van der Waals surface area contributed by atoms with Gasteiger partial charge in [-0.15, -0.1) is 0 Å². The lowest BCUT2D eigenvalue weighted by molar-refractivity contribution is 0.0206. The maximum Gasteiger partial charge on any atom is 0.410 e. The number of hydrogen-bond donors (Lipinski definition) is 3. The number of likely N-dealkylation sites (tertiary alicyclic amines) is 1. The minimum atomic E-state index is -3.94. The van der Waals surface area contributed by atoms with Gasteiger partial charge in [0.1, 0.15) is 16.2 Å². The summed E-state index contributed by atoms with van der Waals surface area (Å²) in [5.41, 5.74) is 3.74. The maximum atomic E-state index is 13.2. The Kier molecular flexibility index (Phi) is 8.51. The Morgan fingerprint density at radius 3 is 2.72 bits per heavy atom. The van der Waals surface area contributed by atoms with E-state index in [2.05, 4.69) is 38.2 Å². The molecule has 13 heteroatoms. The van der Waals surface area contributed by atoms with Gasteiger partial charge in [0.25, 0.3) is 10.0 Å². The van der Waals surface area contributed by atoms with E-state index in [9.17, 15) is 13.2 Å². The first-order valence-electron chi connectivity index (χ1n) is 15.2. The molecule has 11 nitrogen and oxygen atoms in total. The van der Waals surface area contributed by atoms with Gasteiger partial charge in [-0.3, -0.25) is 9.82 Å². The van der Waals surface area contributed by atoms with Gasteiger partial charge in [-0.1, -0.05) is 42.8 Å². The quantitative estimate of drug-likeness (QED) is 0.169. The van der Waals surface area contributed by atoms with E-state index in [1.54, 1.807) is 35.4 Å². The predicted octanol–water partition coefficient (Wildman–Crippen LogP) is 7.00. The molecule has 1 saturated heterocycles. The van der Waals surface area contributed by atoms with Crippen LogP contribution in [0.1, 0.15) is 46.1 Å². The molecule has 1 fully saturated rings. The molecule has 3 aromatic carbocycles. The van der Waals surface area contributed by atoms with Crippen molar-refractivity contribution in [2.75, 3.05) is 23.1 Å². The Labute approximate surface area is 272 Å². The molecule has 0 saturated carbocycles. The Morgan fingerprint density at radius 1 is 1.15 bits per heavy atom. The summed E-state index contributed by atoms with van der Waals surface area (Å²) < 4.78 is 34.5.